The van der Waals surface area contributed by atoms with E-state index in [0.29, 0.717) is 6.08 Å². The van der Waals surface area contributed by atoms with Crippen molar-refractivity contribution >= 4 is 28.0 Å². The third kappa shape index (κ3) is 2.38. The second kappa shape index (κ2) is 4.32. The van der Waals surface area contributed by atoms with Crippen molar-refractivity contribution in [3.63, 3.8) is 0 Å². The molecule has 5 heteroatoms. The molecule has 0 heterocycles. The van der Waals surface area contributed by atoms with Gasteiger partial charge in [0.05, 0.1) is 4.47 Å². The minimum absolute atomic E-state index is 0.0870. The highest BCUT2D eigenvalue weighted by Crippen LogP contribution is 2.22. The molecule has 0 unspecified atom stereocenters. The van der Waals surface area contributed by atoms with Crippen molar-refractivity contribution in [3.05, 3.63) is 39.9 Å². The maximum Gasteiger partial charge on any atom is 0.328 e. The van der Waals surface area contributed by atoms with Gasteiger partial charge in [-0.1, -0.05) is 0 Å². The minimum atomic E-state index is -1.26. The number of carbonyl (C=O) groups is 1. The number of rotatable bonds is 2. The molecule has 1 aromatic carbocycles. The monoisotopic (exact) mass is 262 g/mol. The second-order valence-electron chi connectivity index (χ2n) is 2.43. The fourth-order valence-corrected chi connectivity index (χ4v) is 1.20. The zero-order valence-corrected chi connectivity index (χ0v) is 8.38. The fraction of sp³-hybridized carbons (Fsp3) is 0. The summed E-state index contributed by atoms with van der Waals surface area (Å²) in [4.78, 5) is 10.1. The summed E-state index contributed by atoms with van der Waals surface area (Å²) in [6.45, 7) is 0. The number of hydrogen-bond donors (Lipinski definition) is 1. The number of aliphatic carboxylic acids is 1. The summed E-state index contributed by atoms with van der Waals surface area (Å²) >= 11 is 2.86. The predicted octanol–water partition coefficient (Wildman–Crippen LogP) is 2.83. The predicted molar refractivity (Wildman–Crippen MR) is 50.7 cm³/mol. The Balaban J connectivity index is 3.19. The molecule has 0 spiro atoms. The summed E-state index contributed by atoms with van der Waals surface area (Å²) in [5, 5.41) is 8.28. The number of benzene rings is 1. The topological polar surface area (TPSA) is 37.3 Å². The van der Waals surface area contributed by atoms with E-state index in [4.69, 9.17) is 5.11 Å². The standard InChI is InChI=1S/C9H5BrF2O2/c10-6-2-3-7(11)5(9(6)12)1-4-8(13)14/h1-4H,(H,13,14). The SMILES string of the molecule is O=C(O)C=Cc1c(F)ccc(Br)c1F. The summed E-state index contributed by atoms with van der Waals surface area (Å²) in [6, 6.07) is 2.26. The summed E-state index contributed by atoms with van der Waals surface area (Å²) in [5.41, 5.74) is -0.373. The van der Waals surface area contributed by atoms with Crippen LogP contribution in [-0.4, -0.2) is 11.1 Å². The average molecular weight is 263 g/mol. The smallest absolute Gasteiger partial charge is 0.328 e. The van der Waals surface area contributed by atoms with Gasteiger partial charge in [-0.25, -0.2) is 13.6 Å². The molecule has 1 rings (SSSR count). The molecule has 0 aliphatic heterocycles. The first-order chi connectivity index (χ1) is 6.52. The molecule has 74 valence electrons. The van der Waals surface area contributed by atoms with Crippen LogP contribution in [0.25, 0.3) is 6.08 Å². The Hall–Kier alpha value is -1.23. The van der Waals surface area contributed by atoms with Gasteiger partial charge in [0, 0.05) is 11.6 Å². The lowest BCUT2D eigenvalue weighted by Gasteiger charge is -2.00. The third-order valence-electron chi connectivity index (χ3n) is 1.47. The van der Waals surface area contributed by atoms with Gasteiger partial charge in [-0.2, -0.15) is 0 Å². The van der Waals surface area contributed by atoms with Crippen molar-refractivity contribution in [2.45, 2.75) is 0 Å². The zero-order valence-electron chi connectivity index (χ0n) is 6.80. The molecule has 0 saturated carbocycles. The van der Waals surface area contributed by atoms with Crippen LogP contribution in [0.4, 0.5) is 8.78 Å². The lowest BCUT2D eigenvalue weighted by atomic mass is 10.2. The molecular weight excluding hydrogens is 258 g/mol. The van der Waals surface area contributed by atoms with E-state index in [2.05, 4.69) is 15.9 Å². The Labute approximate surface area is 87.0 Å². The van der Waals surface area contributed by atoms with Crippen molar-refractivity contribution in [2.24, 2.45) is 0 Å². The van der Waals surface area contributed by atoms with Crippen LogP contribution in [0.2, 0.25) is 0 Å². The van der Waals surface area contributed by atoms with E-state index in [1.54, 1.807) is 0 Å². The molecule has 0 fully saturated rings. The van der Waals surface area contributed by atoms with Crippen molar-refractivity contribution < 1.29 is 18.7 Å². The van der Waals surface area contributed by atoms with Gasteiger partial charge in [0.25, 0.3) is 0 Å². The first-order valence-electron chi connectivity index (χ1n) is 3.57. The van der Waals surface area contributed by atoms with Crippen molar-refractivity contribution in [2.75, 3.05) is 0 Å². The molecule has 0 atom stereocenters. The van der Waals surface area contributed by atoms with Crippen molar-refractivity contribution in [3.8, 4) is 0 Å². The van der Waals surface area contributed by atoms with E-state index in [1.165, 1.54) is 6.07 Å². The number of halogens is 3. The van der Waals surface area contributed by atoms with Gasteiger partial charge < -0.3 is 5.11 Å². The molecule has 2 nitrogen and oxygen atoms in total. The molecule has 0 amide bonds. The summed E-state index contributed by atoms with van der Waals surface area (Å²) < 4.78 is 26.2. The maximum absolute atomic E-state index is 13.2. The highest BCUT2D eigenvalue weighted by atomic mass is 79.9. The number of carboxylic acid groups (broad SMARTS) is 1. The van der Waals surface area contributed by atoms with Crippen molar-refractivity contribution in [1.82, 2.24) is 0 Å². The van der Waals surface area contributed by atoms with Gasteiger partial charge in [-0.15, -0.1) is 0 Å². The van der Waals surface area contributed by atoms with Crippen molar-refractivity contribution in [1.29, 1.82) is 0 Å². The molecule has 0 saturated heterocycles. The fourth-order valence-electron chi connectivity index (χ4n) is 0.850. The summed E-state index contributed by atoms with van der Waals surface area (Å²) in [7, 11) is 0. The van der Waals surface area contributed by atoms with Gasteiger partial charge in [0.1, 0.15) is 11.6 Å². The largest absolute Gasteiger partial charge is 0.478 e. The number of carboxylic acids is 1. The molecule has 1 N–H and O–H groups in total. The quantitative estimate of drug-likeness (QED) is 0.658. The minimum Gasteiger partial charge on any atom is -0.478 e. The van der Waals surface area contributed by atoms with Crippen LogP contribution in [-0.2, 0) is 4.79 Å². The molecule has 0 aliphatic rings. The molecule has 0 aromatic heterocycles. The first-order valence-corrected chi connectivity index (χ1v) is 4.36. The van der Waals surface area contributed by atoms with Crippen LogP contribution in [0.1, 0.15) is 5.56 Å². The Kier molecular flexibility index (Phi) is 3.35. The first kappa shape index (κ1) is 10.8. The van der Waals surface area contributed by atoms with E-state index in [1.807, 2.05) is 0 Å². The molecular formula is C9H5BrF2O2. The lowest BCUT2D eigenvalue weighted by Crippen LogP contribution is -1.92. The molecule has 0 radical (unpaired) electrons. The van der Waals surface area contributed by atoms with E-state index in [-0.39, 0.29) is 10.0 Å². The summed E-state index contributed by atoms with van der Waals surface area (Å²) in [5.74, 6) is -2.88. The zero-order chi connectivity index (χ0) is 10.7. The lowest BCUT2D eigenvalue weighted by molar-refractivity contribution is -0.131. The molecule has 0 bridgehead atoms. The third-order valence-corrected chi connectivity index (χ3v) is 2.08. The Morgan fingerprint density at radius 1 is 1.43 bits per heavy atom. The molecule has 0 aliphatic carbocycles. The highest BCUT2D eigenvalue weighted by Gasteiger charge is 2.09. The van der Waals surface area contributed by atoms with Crippen LogP contribution in [0.3, 0.4) is 0 Å². The van der Waals surface area contributed by atoms with Gasteiger partial charge >= 0.3 is 5.97 Å². The Morgan fingerprint density at radius 2 is 2.07 bits per heavy atom. The average Bonchev–Trinajstić information content (AvgIpc) is 2.11. The maximum atomic E-state index is 13.2. The second-order valence-corrected chi connectivity index (χ2v) is 3.28. The normalized spacial score (nSPS) is 10.8. The van der Waals surface area contributed by atoms with E-state index in [0.717, 1.165) is 12.1 Å². The van der Waals surface area contributed by atoms with E-state index >= 15 is 0 Å². The van der Waals surface area contributed by atoms with Crippen LogP contribution in [0, 0.1) is 11.6 Å². The van der Waals surface area contributed by atoms with E-state index in [9.17, 15) is 13.6 Å². The van der Waals surface area contributed by atoms with Crippen LogP contribution in [0.15, 0.2) is 22.7 Å². The Morgan fingerprint density at radius 3 is 2.64 bits per heavy atom. The summed E-state index contributed by atoms with van der Waals surface area (Å²) in [6.07, 6.45) is 1.55. The van der Waals surface area contributed by atoms with Gasteiger partial charge in [0.15, 0.2) is 0 Å². The van der Waals surface area contributed by atoms with Crippen LogP contribution >= 0.6 is 15.9 Å². The highest BCUT2D eigenvalue weighted by molar-refractivity contribution is 9.10. The van der Waals surface area contributed by atoms with E-state index < -0.39 is 17.6 Å². The molecule has 1 aromatic rings. The molecule has 14 heavy (non-hydrogen) atoms. The van der Waals surface area contributed by atoms with Crippen LogP contribution in [0.5, 0.6) is 0 Å². The van der Waals surface area contributed by atoms with Gasteiger partial charge in [-0.3, -0.25) is 0 Å². The van der Waals surface area contributed by atoms with Crippen LogP contribution < -0.4 is 0 Å². The number of hydrogen-bond acceptors (Lipinski definition) is 1. The Bertz CT molecular complexity index is 402. The van der Waals surface area contributed by atoms with Gasteiger partial charge in [0.2, 0.25) is 0 Å². The van der Waals surface area contributed by atoms with Gasteiger partial charge in [-0.05, 0) is 34.1 Å².